The maximum atomic E-state index is 5.66. The van der Waals surface area contributed by atoms with Crippen molar-refractivity contribution in [3.05, 3.63) is 45.5 Å². The van der Waals surface area contributed by atoms with Crippen molar-refractivity contribution in [1.82, 2.24) is 5.32 Å². The first-order valence-corrected chi connectivity index (χ1v) is 6.07. The molecule has 1 N–H and O–H groups in total. The van der Waals surface area contributed by atoms with Gasteiger partial charge in [0.05, 0.1) is 6.54 Å². The zero-order valence-electron chi connectivity index (χ0n) is 8.20. The second kappa shape index (κ2) is 5.35. The summed E-state index contributed by atoms with van der Waals surface area (Å²) in [5, 5.41) is 5.86. The van der Waals surface area contributed by atoms with Crippen LogP contribution in [0.3, 0.4) is 0 Å². The van der Waals surface area contributed by atoms with E-state index in [1.807, 2.05) is 6.07 Å². The zero-order chi connectivity index (χ0) is 10.5. The van der Waals surface area contributed by atoms with Gasteiger partial charge in [0.1, 0.15) is 5.76 Å². The Morgan fingerprint density at radius 3 is 2.93 bits per heavy atom. The molecule has 0 spiro atoms. The summed E-state index contributed by atoms with van der Waals surface area (Å²) >= 11 is 7.45. The molecule has 0 amide bonds. The van der Waals surface area contributed by atoms with E-state index in [1.165, 1.54) is 4.88 Å². The summed E-state index contributed by atoms with van der Waals surface area (Å²) in [5.41, 5.74) is 0. The van der Waals surface area contributed by atoms with Crippen molar-refractivity contribution in [2.75, 3.05) is 6.54 Å². The summed E-state index contributed by atoms with van der Waals surface area (Å²) < 4.78 is 5.23. The van der Waals surface area contributed by atoms with E-state index in [-0.39, 0.29) is 0 Å². The minimum Gasteiger partial charge on any atom is -0.448 e. The Morgan fingerprint density at radius 2 is 2.27 bits per heavy atom. The van der Waals surface area contributed by atoms with Gasteiger partial charge in [0.15, 0.2) is 5.22 Å². The molecule has 2 aromatic rings. The van der Waals surface area contributed by atoms with E-state index in [9.17, 15) is 0 Å². The molecule has 2 rings (SSSR count). The minimum atomic E-state index is 0.449. The van der Waals surface area contributed by atoms with Crippen LogP contribution in [0.5, 0.6) is 0 Å². The van der Waals surface area contributed by atoms with Crippen LogP contribution in [0.25, 0.3) is 0 Å². The van der Waals surface area contributed by atoms with Crippen LogP contribution in [0, 0.1) is 0 Å². The van der Waals surface area contributed by atoms with Gasteiger partial charge in [-0.05, 0) is 41.6 Å². The molecule has 0 aliphatic heterocycles. The molecular formula is C11H12ClNOS. The van der Waals surface area contributed by atoms with Gasteiger partial charge in [0, 0.05) is 11.4 Å². The summed E-state index contributed by atoms with van der Waals surface area (Å²) in [5.74, 6) is 0.881. The number of nitrogens with one attached hydrogen (secondary N) is 1. The van der Waals surface area contributed by atoms with Crippen molar-refractivity contribution in [2.24, 2.45) is 0 Å². The maximum Gasteiger partial charge on any atom is 0.193 e. The van der Waals surface area contributed by atoms with Crippen LogP contribution in [0.4, 0.5) is 0 Å². The molecule has 0 saturated heterocycles. The Kier molecular flexibility index (Phi) is 3.83. The molecule has 0 aromatic carbocycles. The Labute approximate surface area is 97.9 Å². The molecule has 2 nitrogen and oxygen atoms in total. The number of rotatable bonds is 5. The molecule has 0 atom stereocenters. The fourth-order valence-corrected chi connectivity index (χ4v) is 2.20. The molecule has 15 heavy (non-hydrogen) atoms. The maximum absolute atomic E-state index is 5.66. The van der Waals surface area contributed by atoms with Gasteiger partial charge in [0.2, 0.25) is 0 Å². The molecule has 2 heterocycles. The van der Waals surface area contributed by atoms with Crippen LogP contribution in [0.2, 0.25) is 5.22 Å². The minimum absolute atomic E-state index is 0.449. The standard InChI is InChI=1S/C11H12ClNOS/c12-11-4-3-9(14-11)8-13-6-5-10-2-1-7-15-10/h1-4,7,13H,5-6,8H2. The lowest BCUT2D eigenvalue weighted by Crippen LogP contribution is -2.15. The molecule has 4 heteroatoms. The summed E-state index contributed by atoms with van der Waals surface area (Å²) in [6.07, 6.45) is 1.06. The van der Waals surface area contributed by atoms with E-state index in [0.717, 1.165) is 25.3 Å². The van der Waals surface area contributed by atoms with E-state index in [2.05, 4.69) is 22.8 Å². The molecule has 0 unspecified atom stereocenters. The lowest BCUT2D eigenvalue weighted by atomic mass is 10.3. The lowest BCUT2D eigenvalue weighted by molar-refractivity contribution is 0.486. The average Bonchev–Trinajstić information content (AvgIpc) is 2.84. The first-order chi connectivity index (χ1) is 7.34. The number of halogens is 1. The monoisotopic (exact) mass is 241 g/mol. The first-order valence-electron chi connectivity index (χ1n) is 4.82. The van der Waals surface area contributed by atoms with E-state index >= 15 is 0 Å². The Bertz CT molecular complexity index is 396. The quantitative estimate of drug-likeness (QED) is 0.813. The second-order valence-corrected chi connectivity index (χ2v) is 4.62. The topological polar surface area (TPSA) is 25.2 Å². The van der Waals surface area contributed by atoms with E-state index in [4.69, 9.17) is 16.0 Å². The molecule has 0 fully saturated rings. The smallest absolute Gasteiger partial charge is 0.193 e. The summed E-state index contributed by atoms with van der Waals surface area (Å²) in [7, 11) is 0. The van der Waals surface area contributed by atoms with Gasteiger partial charge in [-0.2, -0.15) is 0 Å². The molecular weight excluding hydrogens is 230 g/mol. The van der Waals surface area contributed by atoms with Crippen molar-refractivity contribution in [1.29, 1.82) is 0 Å². The average molecular weight is 242 g/mol. The second-order valence-electron chi connectivity index (χ2n) is 3.21. The van der Waals surface area contributed by atoms with E-state index in [1.54, 1.807) is 17.4 Å². The van der Waals surface area contributed by atoms with Gasteiger partial charge in [0.25, 0.3) is 0 Å². The Hall–Kier alpha value is -0.770. The van der Waals surface area contributed by atoms with Crippen LogP contribution >= 0.6 is 22.9 Å². The molecule has 0 radical (unpaired) electrons. The van der Waals surface area contributed by atoms with Crippen LogP contribution in [-0.2, 0) is 13.0 Å². The van der Waals surface area contributed by atoms with Gasteiger partial charge < -0.3 is 9.73 Å². The van der Waals surface area contributed by atoms with E-state index < -0.39 is 0 Å². The third-order valence-electron chi connectivity index (χ3n) is 2.06. The molecule has 80 valence electrons. The number of thiophene rings is 1. The van der Waals surface area contributed by atoms with Crippen molar-refractivity contribution in [3.8, 4) is 0 Å². The molecule has 2 aromatic heterocycles. The molecule has 0 aliphatic carbocycles. The number of hydrogen-bond donors (Lipinski definition) is 1. The Morgan fingerprint density at radius 1 is 1.33 bits per heavy atom. The lowest BCUT2D eigenvalue weighted by Gasteiger charge is -2.00. The van der Waals surface area contributed by atoms with Crippen LogP contribution in [-0.4, -0.2) is 6.54 Å². The summed E-state index contributed by atoms with van der Waals surface area (Å²) in [6.45, 7) is 1.69. The highest BCUT2D eigenvalue weighted by molar-refractivity contribution is 7.09. The first kappa shape index (κ1) is 10.7. The molecule has 0 saturated carbocycles. The third kappa shape index (κ3) is 3.38. The van der Waals surface area contributed by atoms with Gasteiger partial charge >= 0.3 is 0 Å². The van der Waals surface area contributed by atoms with Gasteiger partial charge in [-0.25, -0.2) is 0 Å². The third-order valence-corrected chi connectivity index (χ3v) is 3.20. The highest BCUT2D eigenvalue weighted by atomic mass is 35.5. The SMILES string of the molecule is Clc1ccc(CNCCc2cccs2)o1. The molecule has 0 aliphatic rings. The van der Waals surface area contributed by atoms with Gasteiger partial charge in [-0.1, -0.05) is 6.07 Å². The van der Waals surface area contributed by atoms with Crippen molar-refractivity contribution < 1.29 is 4.42 Å². The highest BCUT2D eigenvalue weighted by Gasteiger charge is 1.99. The number of hydrogen-bond acceptors (Lipinski definition) is 3. The zero-order valence-corrected chi connectivity index (χ0v) is 9.77. The van der Waals surface area contributed by atoms with Gasteiger partial charge in [-0.3, -0.25) is 0 Å². The van der Waals surface area contributed by atoms with Crippen molar-refractivity contribution in [2.45, 2.75) is 13.0 Å². The largest absolute Gasteiger partial charge is 0.448 e. The summed E-state index contributed by atoms with van der Waals surface area (Å²) in [6, 6.07) is 7.88. The van der Waals surface area contributed by atoms with E-state index in [0.29, 0.717) is 5.22 Å². The van der Waals surface area contributed by atoms with Crippen molar-refractivity contribution >= 4 is 22.9 Å². The van der Waals surface area contributed by atoms with Gasteiger partial charge in [-0.15, -0.1) is 11.3 Å². The van der Waals surface area contributed by atoms with Crippen molar-refractivity contribution in [3.63, 3.8) is 0 Å². The normalized spacial score (nSPS) is 10.7. The predicted molar refractivity (Wildman–Crippen MR) is 63.4 cm³/mol. The fraction of sp³-hybridized carbons (Fsp3) is 0.273. The molecule has 0 bridgehead atoms. The summed E-state index contributed by atoms with van der Waals surface area (Å²) in [4.78, 5) is 1.40. The van der Waals surface area contributed by atoms with Crippen LogP contribution in [0.1, 0.15) is 10.6 Å². The van der Waals surface area contributed by atoms with Crippen LogP contribution in [0.15, 0.2) is 34.1 Å². The fourth-order valence-electron chi connectivity index (χ4n) is 1.32. The Balaban J connectivity index is 1.67. The van der Waals surface area contributed by atoms with Crippen LogP contribution < -0.4 is 5.32 Å². The predicted octanol–water partition coefficient (Wildman–Crippen LogP) is 3.33. The number of furan rings is 1. The highest BCUT2D eigenvalue weighted by Crippen LogP contribution is 2.12.